The Morgan fingerprint density at radius 1 is 1.00 bits per heavy atom. The summed E-state index contributed by atoms with van der Waals surface area (Å²) >= 11 is 0. The number of aliphatic carboxylic acids is 1. The monoisotopic (exact) mass is 339 g/mol. The van der Waals surface area contributed by atoms with Gasteiger partial charge in [-0.25, -0.2) is 4.79 Å². The molecule has 0 radical (unpaired) electrons. The van der Waals surface area contributed by atoms with E-state index in [-0.39, 0.29) is 11.9 Å². The van der Waals surface area contributed by atoms with Gasteiger partial charge in [0.05, 0.1) is 6.04 Å². The first-order chi connectivity index (χ1) is 12.0. The third kappa shape index (κ3) is 4.06. The summed E-state index contributed by atoms with van der Waals surface area (Å²) in [7, 11) is 0. The highest BCUT2D eigenvalue weighted by Gasteiger charge is 2.35. The molecule has 1 heterocycles. The van der Waals surface area contributed by atoms with Gasteiger partial charge in [0, 0.05) is 0 Å². The van der Waals surface area contributed by atoms with Crippen LogP contribution >= 0.6 is 0 Å². The van der Waals surface area contributed by atoms with E-state index in [2.05, 4.69) is 17.4 Å². The molecule has 130 valence electrons. The molecule has 2 aromatic rings. The Morgan fingerprint density at radius 3 is 2.20 bits per heavy atom. The van der Waals surface area contributed by atoms with E-state index >= 15 is 0 Å². The van der Waals surface area contributed by atoms with E-state index in [0.29, 0.717) is 12.8 Å². The van der Waals surface area contributed by atoms with E-state index in [1.54, 1.807) is 0 Å². The lowest BCUT2D eigenvalue weighted by Gasteiger charge is -2.18. The second kappa shape index (κ2) is 7.49. The van der Waals surface area contributed by atoms with Crippen molar-refractivity contribution in [2.45, 2.75) is 38.0 Å². The largest absolute Gasteiger partial charge is 0.479 e. The molecule has 1 saturated heterocycles. The molecule has 1 aliphatic rings. The van der Waals surface area contributed by atoms with Crippen LogP contribution in [0, 0.1) is 0 Å². The quantitative estimate of drug-likeness (QED) is 0.877. The molecule has 5 heteroatoms. The zero-order valence-corrected chi connectivity index (χ0v) is 14.0. The van der Waals surface area contributed by atoms with Crippen molar-refractivity contribution in [2.24, 2.45) is 0 Å². The van der Waals surface area contributed by atoms with Gasteiger partial charge in [0.2, 0.25) is 5.91 Å². The molecule has 3 rings (SSSR count). The first-order valence-corrected chi connectivity index (χ1v) is 8.38. The Kier molecular flexibility index (Phi) is 5.14. The number of carboxylic acids is 1. The van der Waals surface area contributed by atoms with Crippen molar-refractivity contribution in [2.75, 3.05) is 0 Å². The number of carbonyl (C=O) groups is 2. The number of benzene rings is 2. The second-order valence-corrected chi connectivity index (χ2v) is 6.25. The zero-order chi connectivity index (χ0) is 17.8. The van der Waals surface area contributed by atoms with Gasteiger partial charge < -0.3 is 15.2 Å². The van der Waals surface area contributed by atoms with Crippen molar-refractivity contribution in [3.8, 4) is 11.1 Å². The Bertz CT molecular complexity index is 742. The molecule has 1 unspecified atom stereocenters. The highest BCUT2D eigenvalue weighted by molar-refractivity contribution is 5.83. The SMILES string of the molecule is CC(NC(=O)[C@@H]1CC[C@H](C(=O)O)O1)c1ccc(-c2ccccc2)cc1. The lowest BCUT2D eigenvalue weighted by atomic mass is 10.0. The fraction of sp³-hybridized carbons (Fsp3) is 0.300. The van der Waals surface area contributed by atoms with Crippen molar-refractivity contribution in [3.63, 3.8) is 0 Å². The van der Waals surface area contributed by atoms with Crippen molar-refractivity contribution in [1.29, 1.82) is 0 Å². The molecule has 3 atom stereocenters. The predicted molar refractivity (Wildman–Crippen MR) is 94.0 cm³/mol. The van der Waals surface area contributed by atoms with Crippen molar-refractivity contribution in [3.05, 3.63) is 60.2 Å². The third-order valence-electron chi connectivity index (χ3n) is 4.46. The summed E-state index contributed by atoms with van der Waals surface area (Å²) in [6.45, 7) is 1.90. The number of amides is 1. The van der Waals surface area contributed by atoms with Gasteiger partial charge in [0.1, 0.15) is 6.10 Å². The van der Waals surface area contributed by atoms with Crippen LogP contribution in [0.15, 0.2) is 54.6 Å². The first kappa shape index (κ1) is 17.2. The fourth-order valence-electron chi connectivity index (χ4n) is 3.00. The average molecular weight is 339 g/mol. The molecule has 0 spiro atoms. The van der Waals surface area contributed by atoms with E-state index in [9.17, 15) is 9.59 Å². The van der Waals surface area contributed by atoms with Crippen LogP contribution in [0.1, 0.15) is 31.4 Å². The van der Waals surface area contributed by atoms with Crippen LogP contribution in [0.3, 0.4) is 0 Å². The van der Waals surface area contributed by atoms with Crippen LogP contribution in [0.5, 0.6) is 0 Å². The fourth-order valence-corrected chi connectivity index (χ4v) is 3.00. The predicted octanol–water partition coefficient (Wildman–Crippen LogP) is 3.16. The molecule has 25 heavy (non-hydrogen) atoms. The molecular weight excluding hydrogens is 318 g/mol. The van der Waals surface area contributed by atoms with Gasteiger partial charge >= 0.3 is 5.97 Å². The Labute approximate surface area is 146 Å². The first-order valence-electron chi connectivity index (χ1n) is 8.38. The van der Waals surface area contributed by atoms with Gasteiger partial charge in [-0.2, -0.15) is 0 Å². The number of carboxylic acid groups (broad SMARTS) is 1. The zero-order valence-electron chi connectivity index (χ0n) is 14.0. The summed E-state index contributed by atoms with van der Waals surface area (Å²) in [5.74, 6) is -1.27. The van der Waals surface area contributed by atoms with Crippen LogP contribution < -0.4 is 5.32 Å². The maximum absolute atomic E-state index is 12.3. The number of carbonyl (C=O) groups excluding carboxylic acids is 1. The molecule has 1 aliphatic heterocycles. The second-order valence-electron chi connectivity index (χ2n) is 6.25. The van der Waals surface area contributed by atoms with Gasteiger partial charge in [0.25, 0.3) is 0 Å². The normalized spacial score (nSPS) is 20.8. The standard InChI is InChI=1S/C20H21NO4/c1-13(21-19(22)17-11-12-18(25-17)20(23)24)14-7-9-16(10-8-14)15-5-3-2-4-6-15/h2-10,13,17-18H,11-12H2,1H3,(H,21,22)(H,23,24)/t13?,17-,18+/m0/s1. The summed E-state index contributed by atoms with van der Waals surface area (Å²) in [6.07, 6.45) is -0.765. The maximum Gasteiger partial charge on any atom is 0.332 e. The van der Waals surface area contributed by atoms with Crippen LogP contribution in [0.25, 0.3) is 11.1 Å². The minimum Gasteiger partial charge on any atom is -0.479 e. The van der Waals surface area contributed by atoms with Crippen LogP contribution in [0.2, 0.25) is 0 Å². The lowest BCUT2D eigenvalue weighted by molar-refractivity contribution is -0.151. The Balaban J connectivity index is 1.61. The van der Waals surface area contributed by atoms with Crippen molar-refractivity contribution < 1.29 is 19.4 Å². The summed E-state index contributed by atoms with van der Waals surface area (Å²) < 4.78 is 5.29. The summed E-state index contributed by atoms with van der Waals surface area (Å²) in [5, 5.41) is 11.8. The van der Waals surface area contributed by atoms with E-state index in [0.717, 1.165) is 16.7 Å². The number of hydrogen-bond donors (Lipinski definition) is 2. The number of hydrogen-bond acceptors (Lipinski definition) is 3. The Hall–Kier alpha value is -2.66. The summed E-state index contributed by atoms with van der Waals surface area (Å²) in [6, 6.07) is 17.9. The lowest BCUT2D eigenvalue weighted by Crippen LogP contribution is -2.37. The number of ether oxygens (including phenoxy) is 1. The van der Waals surface area contributed by atoms with E-state index in [1.165, 1.54) is 0 Å². The highest BCUT2D eigenvalue weighted by Crippen LogP contribution is 2.23. The van der Waals surface area contributed by atoms with Gasteiger partial charge in [0.15, 0.2) is 6.10 Å². The molecule has 0 aliphatic carbocycles. The highest BCUT2D eigenvalue weighted by atomic mass is 16.5. The topological polar surface area (TPSA) is 75.6 Å². The maximum atomic E-state index is 12.3. The molecule has 2 N–H and O–H groups in total. The molecular formula is C20H21NO4. The van der Waals surface area contributed by atoms with E-state index < -0.39 is 18.2 Å². The molecule has 2 aromatic carbocycles. The summed E-state index contributed by atoms with van der Waals surface area (Å²) in [4.78, 5) is 23.2. The van der Waals surface area contributed by atoms with Gasteiger partial charge in [-0.05, 0) is 36.5 Å². The van der Waals surface area contributed by atoms with Crippen molar-refractivity contribution in [1.82, 2.24) is 5.32 Å². The van der Waals surface area contributed by atoms with Crippen molar-refractivity contribution >= 4 is 11.9 Å². The van der Waals surface area contributed by atoms with E-state index in [4.69, 9.17) is 9.84 Å². The minimum absolute atomic E-state index is 0.176. The molecule has 5 nitrogen and oxygen atoms in total. The molecule has 1 fully saturated rings. The van der Waals surface area contributed by atoms with E-state index in [1.807, 2.05) is 49.4 Å². The number of rotatable bonds is 5. The Morgan fingerprint density at radius 2 is 1.60 bits per heavy atom. The molecule has 0 bridgehead atoms. The molecule has 1 amide bonds. The van der Waals surface area contributed by atoms with Gasteiger partial charge in [-0.3, -0.25) is 4.79 Å². The van der Waals surface area contributed by atoms with Gasteiger partial charge in [-0.15, -0.1) is 0 Å². The van der Waals surface area contributed by atoms with Crippen LogP contribution in [0.4, 0.5) is 0 Å². The summed E-state index contributed by atoms with van der Waals surface area (Å²) in [5.41, 5.74) is 3.25. The van der Waals surface area contributed by atoms with Crippen LogP contribution in [-0.2, 0) is 14.3 Å². The van der Waals surface area contributed by atoms with Gasteiger partial charge in [-0.1, -0.05) is 54.6 Å². The minimum atomic E-state index is -1.01. The molecule has 0 aromatic heterocycles. The average Bonchev–Trinajstić information content (AvgIpc) is 3.13. The number of nitrogens with one attached hydrogen (secondary N) is 1. The molecule has 0 saturated carbocycles. The van der Waals surface area contributed by atoms with Crippen LogP contribution in [-0.4, -0.2) is 29.2 Å². The third-order valence-corrected chi connectivity index (χ3v) is 4.46. The smallest absolute Gasteiger partial charge is 0.332 e.